The van der Waals surface area contributed by atoms with Crippen LogP contribution in [0.1, 0.15) is 15.9 Å². The normalized spacial score (nSPS) is 11.0. The number of esters is 1. The van der Waals surface area contributed by atoms with Gasteiger partial charge in [0.2, 0.25) is 0 Å². The maximum atomic E-state index is 12.8. The Morgan fingerprint density at radius 2 is 1.80 bits per heavy atom. The van der Waals surface area contributed by atoms with Gasteiger partial charge in [-0.1, -0.05) is 12.1 Å². The zero-order valence-electron chi connectivity index (χ0n) is 13.8. The van der Waals surface area contributed by atoms with Crippen LogP contribution in [0.15, 0.2) is 38.6 Å². The number of fused-ring (bicyclic) bond motifs is 1. The molecule has 130 valence electrons. The highest BCUT2D eigenvalue weighted by atomic mass is 79.9. The van der Waals surface area contributed by atoms with Crippen molar-refractivity contribution in [1.82, 2.24) is 18.7 Å². The molecule has 2 heterocycles. The van der Waals surface area contributed by atoms with Crippen LogP contribution >= 0.6 is 15.9 Å². The number of carbonyl (C=O) groups is 1. The van der Waals surface area contributed by atoms with Crippen LogP contribution < -0.4 is 11.2 Å². The molecular weight excluding hydrogens is 392 g/mol. The molecule has 0 saturated heterocycles. The van der Waals surface area contributed by atoms with E-state index in [1.807, 2.05) is 0 Å². The molecule has 1 aromatic carbocycles. The van der Waals surface area contributed by atoms with Gasteiger partial charge in [-0.15, -0.1) is 0 Å². The summed E-state index contributed by atoms with van der Waals surface area (Å²) in [6.07, 6.45) is 0. The summed E-state index contributed by atoms with van der Waals surface area (Å²) < 4.78 is 9.19. The van der Waals surface area contributed by atoms with Crippen molar-refractivity contribution in [2.75, 3.05) is 7.11 Å². The number of methoxy groups -OCH3 is 1. The summed E-state index contributed by atoms with van der Waals surface area (Å²) in [5, 5.41) is 0. The van der Waals surface area contributed by atoms with Crippen LogP contribution in [0.4, 0.5) is 0 Å². The predicted molar refractivity (Wildman–Crippen MR) is 94.8 cm³/mol. The number of hydrogen-bond acceptors (Lipinski definition) is 5. The third-order valence-electron chi connectivity index (χ3n) is 4.02. The van der Waals surface area contributed by atoms with Crippen molar-refractivity contribution in [3.05, 3.63) is 61.0 Å². The van der Waals surface area contributed by atoms with Crippen molar-refractivity contribution in [1.29, 1.82) is 0 Å². The molecular formula is C16H15BrN4O4. The quantitative estimate of drug-likeness (QED) is 0.478. The van der Waals surface area contributed by atoms with Gasteiger partial charge in [0.25, 0.3) is 5.56 Å². The van der Waals surface area contributed by atoms with Gasteiger partial charge in [-0.25, -0.2) is 14.6 Å². The monoisotopic (exact) mass is 406 g/mol. The number of carbonyl (C=O) groups excluding carboxylic acids is 1. The first-order valence-electron chi connectivity index (χ1n) is 7.34. The topological polar surface area (TPSA) is 88.1 Å². The fraction of sp³-hybridized carbons (Fsp3) is 0.250. The molecule has 0 radical (unpaired) electrons. The van der Waals surface area contributed by atoms with Crippen molar-refractivity contribution in [2.45, 2.75) is 6.54 Å². The summed E-state index contributed by atoms with van der Waals surface area (Å²) in [5.41, 5.74) is 0.891. The first kappa shape index (κ1) is 17.2. The summed E-state index contributed by atoms with van der Waals surface area (Å²) in [7, 11) is 4.57. The summed E-state index contributed by atoms with van der Waals surface area (Å²) in [4.78, 5) is 41.0. The second kappa shape index (κ2) is 6.32. The number of ether oxygens (including phenoxy) is 1. The molecule has 0 unspecified atom stereocenters. The van der Waals surface area contributed by atoms with Crippen LogP contribution in [0.25, 0.3) is 11.2 Å². The maximum absolute atomic E-state index is 12.8. The highest BCUT2D eigenvalue weighted by Crippen LogP contribution is 2.14. The average Bonchev–Trinajstić information content (AvgIpc) is 2.92. The van der Waals surface area contributed by atoms with Crippen LogP contribution in [0, 0.1) is 0 Å². The Kier molecular flexibility index (Phi) is 4.34. The molecule has 0 aliphatic rings. The highest BCUT2D eigenvalue weighted by Gasteiger charge is 2.17. The molecule has 0 amide bonds. The lowest BCUT2D eigenvalue weighted by Gasteiger charge is -2.09. The van der Waals surface area contributed by atoms with Crippen molar-refractivity contribution in [3.8, 4) is 0 Å². The van der Waals surface area contributed by atoms with E-state index in [1.54, 1.807) is 42.9 Å². The minimum absolute atomic E-state index is 0.0890. The zero-order chi connectivity index (χ0) is 18.3. The molecule has 0 bridgehead atoms. The summed E-state index contributed by atoms with van der Waals surface area (Å²) in [6.45, 7) is 0.0890. The summed E-state index contributed by atoms with van der Waals surface area (Å²) in [6, 6.07) is 6.55. The highest BCUT2D eigenvalue weighted by molar-refractivity contribution is 9.10. The smallest absolute Gasteiger partial charge is 0.337 e. The fourth-order valence-electron chi connectivity index (χ4n) is 2.60. The van der Waals surface area contributed by atoms with Gasteiger partial charge in [-0.3, -0.25) is 13.9 Å². The number of imidazole rings is 1. The number of nitrogens with zero attached hydrogens (tertiary/aromatic N) is 4. The molecule has 9 heteroatoms. The number of aryl methyl sites for hydroxylation is 2. The van der Waals surface area contributed by atoms with Gasteiger partial charge in [0.1, 0.15) is 0 Å². The lowest BCUT2D eigenvalue weighted by Crippen LogP contribution is -2.39. The second-order valence-corrected chi connectivity index (χ2v) is 6.24. The van der Waals surface area contributed by atoms with E-state index in [0.29, 0.717) is 27.0 Å². The number of rotatable bonds is 3. The lowest BCUT2D eigenvalue weighted by atomic mass is 10.1. The van der Waals surface area contributed by atoms with E-state index in [1.165, 1.54) is 11.7 Å². The van der Waals surface area contributed by atoms with E-state index in [2.05, 4.69) is 25.7 Å². The zero-order valence-corrected chi connectivity index (χ0v) is 15.4. The number of hydrogen-bond donors (Lipinski definition) is 0. The molecule has 3 aromatic rings. The number of benzene rings is 1. The van der Waals surface area contributed by atoms with Gasteiger partial charge >= 0.3 is 11.7 Å². The van der Waals surface area contributed by atoms with E-state index in [0.717, 1.165) is 4.57 Å². The Bertz CT molecular complexity index is 1090. The maximum Gasteiger partial charge on any atom is 0.337 e. The Hall–Kier alpha value is -2.68. The van der Waals surface area contributed by atoms with Crippen LogP contribution in [-0.4, -0.2) is 31.8 Å². The molecule has 8 nitrogen and oxygen atoms in total. The minimum atomic E-state index is -0.458. The predicted octanol–water partition coefficient (Wildman–Crippen LogP) is 1.03. The van der Waals surface area contributed by atoms with E-state index in [4.69, 9.17) is 0 Å². The molecule has 25 heavy (non-hydrogen) atoms. The molecule has 2 aromatic heterocycles. The summed E-state index contributed by atoms with van der Waals surface area (Å²) in [5.74, 6) is -0.444. The first-order valence-corrected chi connectivity index (χ1v) is 8.13. The van der Waals surface area contributed by atoms with Crippen LogP contribution in [0.3, 0.4) is 0 Å². The molecule has 0 aliphatic heterocycles. The van der Waals surface area contributed by atoms with Gasteiger partial charge in [-0.05, 0) is 33.6 Å². The fourth-order valence-corrected chi connectivity index (χ4v) is 2.95. The average molecular weight is 407 g/mol. The van der Waals surface area contributed by atoms with Gasteiger partial charge < -0.3 is 9.30 Å². The third kappa shape index (κ3) is 2.80. The van der Waals surface area contributed by atoms with Crippen molar-refractivity contribution < 1.29 is 9.53 Å². The van der Waals surface area contributed by atoms with E-state index < -0.39 is 17.2 Å². The molecule has 0 fully saturated rings. The second-order valence-electron chi connectivity index (χ2n) is 5.53. The standard InChI is InChI=1S/C16H15BrN4O4/c1-19-11-12(18-15(19)17)20(2)16(24)21(13(11)22)8-9-4-6-10(7-5-9)14(23)25-3/h4-7H,8H2,1-3H3. The largest absolute Gasteiger partial charge is 0.465 e. The van der Waals surface area contributed by atoms with Gasteiger partial charge in [0.15, 0.2) is 15.9 Å². The number of halogens is 1. The molecule has 0 spiro atoms. The van der Waals surface area contributed by atoms with Gasteiger partial charge in [0, 0.05) is 14.1 Å². The molecule has 0 aliphatic carbocycles. The van der Waals surface area contributed by atoms with Crippen molar-refractivity contribution >= 4 is 33.1 Å². The number of aromatic nitrogens is 4. The first-order chi connectivity index (χ1) is 11.8. The molecule has 3 rings (SSSR count). The van der Waals surface area contributed by atoms with Crippen LogP contribution in [-0.2, 0) is 25.4 Å². The Morgan fingerprint density at radius 1 is 1.16 bits per heavy atom. The van der Waals surface area contributed by atoms with Gasteiger partial charge in [0.05, 0.1) is 19.2 Å². The van der Waals surface area contributed by atoms with Crippen molar-refractivity contribution in [2.24, 2.45) is 14.1 Å². The SMILES string of the molecule is COC(=O)c1ccc(Cn2c(=O)c3c(nc(Br)n3C)n(C)c2=O)cc1. The molecule has 0 N–H and O–H groups in total. The van der Waals surface area contributed by atoms with Crippen LogP contribution in [0.5, 0.6) is 0 Å². The van der Waals surface area contributed by atoms with E-state index >= 15 is 0 Å². The Balaban J connectivity index is 2.10. The Morgan fingerprint density at radius 3 is 2.40 bits per heavy atom. The Labute approximate surface area is 150 Å². The molecule has 0 atom stereocenters. The summed E-state index contributed by atoms with van der Waals surface area (Å²) >= 11 is 3.27. The van der Waals surface area contributed by atoms with Gasteiger partial charge in [-0.2, -0.15) is 0 Å². The van der Waals surface area contributed by atoms with E-state index in [9.17, 15) is 14.4 Å². The molecule has 0 saturated carbocycles. The van der Waals surface area contributed by atoms with E-state index in [-0.39, 0.29) is 6.54 Å². The minimum Gasteiger partial charge on any atom is -0.465 e. The third-order valence-corrected chi connectivity index (χ3v) is 4.73. The van der Waals surface area contributed by atoms with Crippen molar-refractivity contribution in [3.63, 3.8) is 0 Å². The lowest BCUT2D eigenvalue weighted by molar-refractivity contribution is 0.0600. The van der Waals surface area contributed by atoms with Crippen LogP contribution in [0.2, 0.25) is 0 Å².